The van der Waals surface area contributed by atoms with Crippen LogP contribution in [-0.2, 0) is 13.0 Å². The minimum absolute atomic E-state index is 0.289. The van der Waals surface area contributed by atoms with E-state index < -0.39 is 5.67 Å². The Labute approximate surface area is 125 Å². The Balaban J connectivity index is 2.07. The van der Waals surface area contributed by atoms with Gasteiger partial charge in [-0.3, -0.25) is 4.68 Å². The number of halogens is 2. The van der Waals surface area contributed by atoms with Crippen LogP contribution in [0.4, 0.5) is 4.39 Å². The molecule has 2 unspecified atom stereocenters. The summed E-state index contributed by atoms with van der Waals surface area (Å²) in [5.41, 5.74) is 0.362. The fourth-order valence-electron chi connectivity index (χ4n) is 3.07. The normalized spacial score (nSPS) is 22.8. The Morgan fingerprint density at radius 3 is 2.85 bits per heavy atom. The number of hydrogen-bond acceptors (Lipinski definition) is 2. The molecule has 2 rings (SSSR count). The summed E-state index contributed by atoms with van der Waals surface area (Å²) in [5.74, 6) is 0. The second-order valence-electron chi connectivity index (χ2n) is 6.10. The summed E-state index contributed by atoms with van der Waals surface area (Å²) >= 11 is 6.28. The first-order valence-corrected chi connectivity index (χ1v) is 7.95. The number of nitrogens with zero attached hydrogens (tertiary/aromatic N) is 2. The van der Waals surface area contributed by atoms with Gasteiger partial charge in [0.15, 0.2) is 0 Å². The molecule has 1 aromatic rings. The summed E-state index contributed by atoms with van der Waals surface area (Å²) in [6, 6.07) is 0.289. The van der Waals surface area contributed by atoms with Gasteiger partial charge in [-0.1, -0.05) is 18.0 Å². The van der Waals surface area contributed by atoms with Crippen molar-refractivity contribution in [3.05, 3.63) is 16.4 Å². The zero-order valence-corrected chi connectivity index (χ0v) is 13.4. The number of rotatable bonds is 5. The highest BCUT2D eigenvalue weighted by molar-refractivity contribution is 6.31. The molecule has 0 amide bonds. The van der Waals surface area contributed by atoms with Gasteiger partial charge in [-0.25, -0.2) is 4.39 Å². The van der Waals surface area contributed by atoms with E-state index in [2.05, 4.69) is 10.4 Å². The fourth-order valence-corrected chi connectivity index (χ4v) is 3.27. The number of nitrogens with one attached hydrogen (secondary N) is 1. The molecular weight excluding hydrogens is 277 g/mol. The molecule has 1 N–H and O–H groups in total. The van der Waals surface area contributed by atoms with E-state index in [1.807, 2.05) is 18.5 Å². The molecule has 1 aliphatic heterocycles. The smallest absolute Gasteiger partial charge is 0.115 e. The van der Waals surface area contributed by atoms with Crippen LogP contribution < -0.4 is 5.32 Å². The first-order valence-electron chi connectivity index (χ1n) is 7.57. The maximum absolute atomic E-state index is 14.9. The minimum Gasteiger partial charge on any atom is -0.314 e. The summed E-state index contributed by atoms with van der Waals surface area (Å²) in [6.07, 6.45) is 4.34. The monoisotopic (exact) mass is 301 g/mol. The molecule has 20 heavy (non-hydrogen) atoms. The van der Waals surface area contributed by atoms with Gasteiger partial charge in [0.2, 0.25) is 0 Å². The minimum atomic E-state index is -1.25. The van der Waals surface area contributed by atoms with Crippen LogP contribution in [0.25, 0.3) is 0 Å². The van der Waals surface area contributed by atoms with Gasteiger partial charge in [0, 0.05) is 19.0 Å². The lowest BCUT2D eigenvalue weighted by Gasteiger charge is -2.30. The average molecular weight is 302 g/mol. The standard InChI is InChI=1S/C15H25ClFN3/c1-4-20-13(14(16)11(2)19-20)10-15(3,17)9-12-7-5-6-8-18-12/h12,18H,4-10H2,1-3H3. The Kier molecular flexibility index (Phi) is 5.08. The van der Waals surface area contributed by atoms with Crippen LogP contribution >= 0.6 is 11.6 Å². The molecule has 1 aliphatic rings. The van der Waals surface area contributed by atoms with Crippen molar-refractivity contribution in [2.45, 2.75) is 71.1 Å². The van der Waals surface area contributed by atoms with Gasteiger partial charge in [0.1, 0.15) is 5.67 Å². The molecule has 1 saturated heterocycles. The molecule has 0 aliphatic carbocycles. The molecule has 0 radical (unpaired) electrons. The predicted molar refractivity (Wildman–Crippen MR) is 81.1 cm³/mol. The molecule has 0 spiro atoms. The molecule has 0 bridgehead atoms. The first-order chi connectivity index (χ1) is 9.43. The Morgan fingerprint density at radius 2 is 2.25 bits per heavy atom. The van der Waals surface area contributed by atoms with Crippen LogP contribution in [0.5, 0.6) is 0 Å². The lowest BCUT2D eigenvalue weighted by molar-refractivity contribution is 0.143. The maximum atomic E-state index is 14.9. The molecule has 1 fully saturated rings. The molecule has 0 saturated carbocycles. The van der Waals surface area contributed by atoms with Crippen molar-refractivity contribution in [1.29, 1.82) is 0 Å². The van der Waals surface area contributed by atoms with E-state index in [4.69, 9.17) is 11.6 Å². The molecule has 3 nitrogen and oxygen atoms in total. The van der Waals surface area contributed by atoms with Gasteiger partial charge < -0.3 is 5.32 Å². The molecule has 2 heterocycles. The Hall–Kier alpha value is -0.610. The van der Waals surface area contributed by atoms with E-state index in [0.29, 0.717) is 17.9 Å². The molecule has 5 heteroatoms. The lowest BCUT2D eigenvalue weighted by Crippen LogP contribution is -2.40. The van der Waals surface area contributed by atoms with E-state index in [-0.39, 0.29) is 6.04 Å². The van der Waals surface area contributed by atoms with E-state index >= 15 is 0 Å². The van der Waals surface area contributed by atoms with Gasteiger partial charge >= 0.3 is 0 Å². The largest absolute Gasteiger partial charge is 0.314 e. The lowest BCUT2D eigenvalue weighted by atomic mass is 9.89. The summed E-state index contributed by atoms with van der Waals surface area (Å²) in [4.78, 5) is 0. The summed E-state index contributed by atoms with van der Waals surface area (Å²) in [7, 11) is 0. The van der Waals surface area contributed by atoms with Crippen LogP contribution in [0.1, 0.15) is 50.9 Å². The third-order valence-electron chi connectivity index (χ3n) is 4.07. The number of aryl methyl sites for hydroxylation is 2. The quantitative estimate of drug-likeness (QED) is 0.899. The second kappa shape index (κ2) is 6.44. The average Bonchev–Trinajstić information content (AvgIpc) is 2.66. The van der Waals surface area contributed by atoms with E-state index in [0.717, 1.165) is 30.9 Å². The van der Waals surface area contributed by atoms with E-state index in [9.17, 15) is 4.39 Å². The van der Waals surface area contributed by atoms with Crippen LogP contribution in [0.15, 0.2) is 0 Å². The molecule has 0 aromatic carbocycles. The van der Waals surface area contributed by atoms with Gasteiger partial charge in [0.05, 0.1) is 16.4 Å². The van der Waals surface area contributed by atoms with Crippen LogP contribution in [0.2, 0.25) is 5.02 Å². The van der Waals surface area contributed by atoms with E-state index in [1.54, 1.807) is 6.92 Å². The molecule has 1 aromatic heterocycles. The number of piperidine rings is 1. The fraction of sp³-hybridized carbons (Fsp3) is 0.800. The highest BCUT2D eigenvalue weighted by Gasteiger charge is 2.31. The maximum Gasteiger partial charge on any atom is 0.115 e. The van der Waals surface area contributed by atoms with Crippen molar-refractivity contribution >= 4 is 11.6 Å². The van der Waals surface area contributed by atoms with Gasteiger partial charge in [-0.15, -0.1) is 0 Å². The SMILES string of the molecule is CCn1nc(C)c(Cl)c1CC(C)(F)CC1CCCCN1. The summed E-state index contributed by atoms with van der Waals surface area (Å²) < 4.78 is 16.7. The van der Waals surface area contributed by atoms with Crippen molar-refractivity contribution in [2.75, 3.05) is 6.54 Å². The van der Waals surface area contributed by atoms with E-state index in [1.165, 1.54) is 12.8 Å². The highest BCUT2D eigenvalue weighted by atomic mass is 35.5. The zero-order chi connectivity index (χ0) is 14.8. The number of aromatic nitrogens is 2. The second-order valence-corrected chi connectivity index (χ2v) is 6.48. The van der Waals surface area contributed by atoms with Crippen LogP contribution in [0.3, 0.4) is 0 Å². The highest BCUT2D eigenvalue weighted by Crippen LogP contribution is 2.30. The Bertz CT molecular complexity index is 450. The summed E-state index contributed by atoms with van der Waals surface area (Å²) in [5, 5.41) is 8.39. The van der Waals surface area contributed by atoms with Gasteiger partial charge in [-0.05, 0) is 46.6 Å². The van der Waals surface area contributed by atoms with Gasteiger partial charge in [-0.2, -0.15) is 5.10 Å². The summed E-state index contributed by atoms with van der Waals surface area (Å²) in [6.45, 7) is 7.29. The molecular formula is C15H25ClFN3. The van der Waals surface area contributed by atoms with Crippen molar-refractivity contribution in [3.63, 3.8) is 0 Å². The van der Waals surface area contributed by atoms with Crippen LogP contribution in [-0.4, -0.2) is 28.0 Å². The Morgan fingerprint density at radius 1 is 1.50 bits per heavy atom. The molecule has 2 atom stereocenters. The number of alkyl halides is 1. The van der Waals surface area contributed by atoms with Gasteiger partial charge in [0.25, 0.3) is 0 Å². The van der Waals surface area contributed by atoms with Crippen molar-refractivity contribution < 1.29 is 4.39 Å². The van der Waals surface area contributed by atoms with Crippen molar-refractivity contribution in [1.82, 2.24) is 15.1 Å². The third-order valence-corrected chi connectivity index (χ3v) is 4.56. The number of hydrogen-bond donors (Lipinski definition) is 1. The topological polar surface area (TPSA) is 29.9 Å². The first kappa shape index (κ1) is 15.8. The van der Waals surface area contributed by atoms with Crippen molar-refractivity contribution in [2.24, 2.45) is 0 Å². The van der Waals surface area contributed by atoms with Crippen LogP contribution in [0, 0.1) is 6.92 Å². The predicted octanol–water partition coefficient (Wildman–Crippen LogP) is 3.67. The third kappa shape index (κ3) is 3.73. The molecule has 114 valence electrons. The van der Waals surface area contributed by atoms with Crippen molar-refractivity contribution in [3.8, 4) is 0 Å². The zero-order valence-electron chi connectivity index (χ0n) is 12.7.